The molecule has 0 bridgehead atoms. The van der Waals surface area contributed by atoms with Crippen LogP contribution in [0.15, 0.2) is 60.7 Å². The van der Waals surface area contributed by atoms with Gasteiger partial charge < -0.3 is 19.5 Å². The molecule has 2 aromatic carbocycles. The number of ether oxygens (including phenoxy) is 3. The highest BCUT2D eigenvalue weighted by Gasteiger charge is 2.12. The molecule has 6 nitrogen and oxygen atoms in total. The number of amides is 1. The molecule has 2 rings (SSSR count). The van der Waals surface area contributed by atoms with Gasteiger partial charge in [-0.15, -0.1) is 0 Å². The van der Waals surface area contributed by atoms with E-state index < -0.39 is 18.3 Å². The minimum Gasteiger partial charge on any atom is -0.445 e. The van der Waals surface area contributed by atoms with Crippen molar-refractivity contribution in [2.75, 3.05) is 6.61 Å². The van der Waals surface area contributed by atoms with Crippen LogP contribution in [-0.2, 0) is 27.4 Å². The second-order valence-electron chi connectivity index (χ2n) is 5.44. The van der Waals surface area contributed by atoms with Crippen LogP contribution in [0.2, 0.25) is 0 Å². The lowest BCUT2D eigenvalue weighted by atomic mass is 10.2. The first-order valence-corrected chi connectivity index (χ1v) is 7.94. The van der Waals surface area contributed by atoms with Gasteiger partial charge in [-0.3, -0.25) is 0 Å². The Hall–Kier alpha value is -3.02. The Morgan fingerprint density at radius 3 is 1.92 bits per heavy atom. The summed E-state index contributed by atoms with van der Waals surface area (Å²) in [5, 5.41) is 2.59. The third-order valence-corrected chi connectivity index (χ3v) is 3.23. The molecule has 1 atom stereocenters. The molecule has 0 aliphatic heterocycles. The molecule has 0 unspecified atom stereocenters. The van der Waals surface area contributed by atoms with Crippen LogP contribution in [0.4, 0.5) is 9.59 Å². The molecule has 2 aromatic rings. The Morgan fingerprint density at radius 1 is 0.840 bits per heavy atom. The summed E-state index contributed by atoms with van der Waals surface area (Å²) in [5.41, 5.74) is 1.76. The van der Waals surface area contributed by atoms with Gasteiger partial charge in [0.05, 0.1) is 6.04 Å². The van der Waals surface area contributed by atoms with Crippen LogP contribution in [0.1, 0.15) is 18.1 Å². The number of hydrogen-bond acceptors (Lipinski definition) is 5. The normalized spacial score (nSPS) is 11.2. The Balaban J connectivity index is 1.60. The highest BCUT2D eigenvalue weighted by atomic mass is 16.7. The van der Waals surface area contributed by atoms with E-state index in [1.807, 2.05) is 60.7 Å². The van der Waals surface area contributed by atoms with E-state index in [-0.39, 0.29) is 19.8 Å². The monoisotopic (exact) mass is 343 g/mol. The number of benzene rings is 2. The van der Waals surface area contributed by atoms with Crippen molar-refractivity contribution in [3.63, 3.8) is 0 Å². The first-order valence-electron chi connectivity index (χ1n) is 7.94. The predicted molar refractivity (Wildman–Crippen MR) is 91.8 cm³/mol. The smallest absolute Gasteiger partial charge is 0.445 e. The van der Waals surface area contributed by atoms with Crippen LogP contribution in [0.5, 0.6) is 0 Å². The fourth-order valence-corrected chi connectivity index (χ4v) is 1.96. The van der Waals surface area contributed by atoms with Crippen molar-refractivity contribution >= 4 is 12.2 Å². The molecular weight excluding hydrogens is 322 g/mol. The molecule has 1 N–H and O–H groups in total. The Morgan fingerprint density at radius 2 is 1.36 bits per heavy atom. The molecule has 25 heavy (non-hydrogen) atoms. The maximum atomic E-state index is 11.7. The quantitative estimate of drug-likeness (QED) is 0.777. The van der Waals surface area contributed by atoms with E-state index in [2.05, 4.69) is 5.32 Å². The molecule has 0 saturated carbocycles. The van der Waals surface area contributed by atoms with Crippen LogP contribution < -0.4 is 5.32 Å². The van der Waals surface area contributed by atoms with Gasteiger partial charge in [-0.05, 0) is 18.1 Å². The molecule has 0 spiro atoms. The molecule has 0 aromatic heterocycles. The second-order valence-corrected chi connectivity index (χ2v) is 5.44. The molecule has 132 valence electrons. The fourth-order valence-electron chi connectivity index (χ4n) is 1.96. The molecule has 1 amide bonds. The summed E-state index contributed by atoms with van der Waals surface area (Å²) in [6.45, 7) is 2.02. The summed E-state index contributed by atoms with van der Waals surface area (Å²) in [6.07, 6.45) is -1.35. The van der Waals surface area contributed by atoms with E-state index in [9.17, 15) is 9.59 Å². The molecule has 6 heteroatoms. The Labute approximate surface area is 146 Å². The van der Waals surface area contributed by atoms with Crippen molar-refractivity contribution < 1.29 is 23.8 Å². The molecule has 0 heterocycles. The summed E-state index contributed by atoms with van der Waals surface area (Å²) in [6, 6.07) is 18.3. The van der Waals surface area contributed by atoms with Gasteiger partial charge in [0.1, 0.15) is 19.8 Å². The van der Waals surface area contributed by atoms with E-state index in [4.69, 9.17) is 14.2 Å². The maximum Gasteiger partial charge on any atom is 0.508 e. The van der Waals surface area contributed by atoms with Gasteiger partial charge in [0, 0.05) is 0 Å². The molecule has 0 aliphatic carbocycles. The van der Waals surface area contributed by atoms with Gasteiger partial charge in [-0.25, -0.2) is 9.59 Å². The van der Waals surface area contributed by atoms with E-state index in [1.54, 1.807) is 6.92 Å². The van der Waals surface area contributed by atoms with Crippen LogP contribution in [0, 0.1) is 0 Å². The lowest BCUT2D eigenvalue weighted by Crippen LogP contribution is -2.36. The highest BCUT2D eigenvalue weighted by molar-refractivity contribution is 5.67. The summed E-state index contributed by atoms with van der Waals surface area (Å²) in [5.74, 6) is 0. The van der Waals surface area contributed by atoms with Crippen molar-refractivity contribution in [3.8, 4) is 0 Å². The third-order valence-electron chi connectivity index (χ3n) is 3.23. The first-order chi connectivity index (χ1) is 12.1. The van der Waals surface area contributed by atoms with E-state index in [0.717, 1.165) is 11.1 Å². The zero-order valence-electron chi connectivity index (χ0n) is 14.0. The summed E-state index contributed by atoms with van der Waals surface area (Å²) in [4.78, 5) is 23.2. The van der Waals surface area contributed by atoms with Crippen LogP contribution in [-0.4, -0.2) is 24.9 Å². The van der Waals surface area contributed by atoms with E-state index in [1.165, 1.54) is 0 Å². The maximum absolute atomic E-state index is 11.7. The van der Waals surface area contributed by atoms with Crippen LogP contribution >= 0.6 is 0 Å². The lowest BCUT2D eigenvalue weighted by molar-refractivity contribution is 0.0436. The highest BCUT2D eigenvalue weighted by Crippen LogP contribution is 2.03. The number of carbonyl (C=O) groups is 2. The summed E-state index contributed by atoms with van der Waals surface area (Å²) in [7, 11) is 0. The summed E-state index contributed by atoms with van der Waals surface area (Å²) >= 11 is 0. The largest absolute Gasteiger partial charge is 0.508 e. The number of hydrogen-bond donors (Lipinski definition) is 1. The van der Waals surface area contributed by atoms with Crippen molar-refractivity contribution in [1.29, 1.82) is 0 Å². The Kier molecular flexibility index (Phi) is 7.31. The third kappa shape index (κ3) is 7.39. The van der Waals surface area contributed by atoms with Gasteiger partial charge in [-0.1, -0.05) is 60.7 Å². The minimum absolute atomic E-state index is 0.00589. The molecule has 0 saturated heterocycles. The van der Waals surface area contributed by atoms with Crippen molar-refractivity contribution in [1.82, 2.24) is 5.32 Å². The van der Waals surface area contributed by atoms with Gasteiger partial charge in [0.25, 0.3) is 0 Å². The van der Waals surface area contributed by atoms with Gasteiger partial charge in [0.2, 0.25) is 0 Å². The minimum atomic E-state index is -0.782. The average molecular weight is 343 g/mol. The average Bonchev–Trinajstić information content (AvgIpc) is 2.65. The van der Waals surface area contributed by atoms with Crippen molar-refractivity contribution in [3.05, 3.63) is 71.8 Å². The standard InChI is InChI=1S/C19H21NO5/c1-15(20-18(21)23-13-16-8-4-2-5-9-16)12-24-19(22)25-14-17-10-6-3-7-11-17/h2-11,15H,12-14H2,1H3,(H,20,21)/t15-/m1/s1. The fraction of sp³-hybridized carbons (Fsp3) is 0.263. The van der Waals surface area contributed by atoms with Crippen molar-refractivity contribution in [2.24, 2.45) is 0 Å². The zero-order chi connectivity index (χ0) is 17.9. The predicted octanol–water partition coefficient (Wildman–Crippen LogP) is 3.65. The number of rotatable bonds is 7. The van der Waals surface area contributed by atoms with Crippen LogP contribution in [0.3, 0.4) is 0 Å². The van der Waals surface area contributed by atoms with Crippen LogP contribution in [0.25, 0.3) is 0 Å². The SMILES string of the molecule is C[C@H](COC(=O)OCc1ccccc1)NC(=O)OCc1ccccc1. The summed E-state index contributed by atoms with van der Waals surface area (Å²) < 4.78 is 15.0. The van der Waals surface area contributed by atoms with Gasteiger partial charge >= 0.3 is 12.2 Å². The molecule has 0 radical (unpaired) electrons. The second kappa shape index (κ2) is 9.97. The zero-order valence-corrected chi connectivity index (χ0v) is 14.0. The number of carbonyl (C=O) groups excluding carboxylic acids is 2. The van der Waals surface area contributed by atoms with Gasteiger partial charge in [-0.2, -0.15) is 0 Å². The molecule has 0 aliphatic rings. The Bertz CT molecular complexity index is 660. The topological polar surface area (TPSA) is 73.9 Å². The molecule has 0 fully saturated rings. The molecular formula is C19H21NO5. The first kappa shape index (κ1) is 18.3. The number of alkyl carbamates (subject to hydrolysis) is 1. The number of nitrogens with one attached hydrogen (secondary N) is 1. The van der Waals surface area contributed by atoms with Crippen molar-refractivity contribution in [2.45, 2.75) is 26.2 Å². The lowest BCUT2D eigenvalue weighted by Gasteiger charge is -2.14. The van der Waals surface area contributed by atoms with Gasteiger partial charge in [0.15, 0.2) is 0 Å². The van der Waals surface area contributed by atoms with E-state index >= 15 is 0 Å². The van der Waals surface area contributed by atoms with E-state index in [0.29, 0.717) is 0 Å².